The molecule has 30 heavy (non-hydrogen) atoms. The standard InChI is InChI=1S/C23H36N2O5/c1-3-4-5-6-7-8-9-10-18(26)16-23(21(28)24-22(29)25-23)14-13-17-11-12-19(27)20(15-17)30-2/h11-12,15,18,26-27H,3-10,13-14,16H2,1-2H3,(H2,24,25,28,29)/t18-,23-/m0/s1. The highest BCUT2D eigenvalue weighted by Gasteiger charge is 2.46. The van der Waals surface area contributed by atoms with Crippen LogP contribution in [-0.2, 0) is 11.2 Å². The van der Waals surface area contributed by atoms with Gasteiger partial charge < -0.3 is 20.3 Å². The Hall–Kier alpha value is -2.28. The van der Waals surface area contributed by atoms with Crippen molar-refractivity contribution in [2.45, 2.75) is 89.2 Å². The summed E-state index contributed by atoms with van der Waals surface area (Å²) >= 11 is 0. The van der Waals surface area contributed by atoms with Crippen LogP contribution < -0.4 is 15.4 Å². The lowest BCUT2D eigenvalue weighted by molar-refractivity contribution is -0.125. The highest BCUT2D eigenvalue weighted by molar-refractivity contribution is 6.07. The van der Waals surface area contributed by atoms with Crippen molar-refractivity contribution < 1.29 is 24.5 Å². The zero-order chi connectivity index (χ0) is 22.0. The molecule has 0 aromatic heterocycles. The number of carbonyl (C=O) groups excluding carboxylic acids is 2. The zero-order valence-electron chi connectivity index (χ0n) is 18.2. The molecule has 0 saturated carbocycles. The van der Waals surface area contributed by atoms with Gasteiger partial charge in [0, 0.05) is 6.42 Å². The fraction of sp³-hybridized carbons (Fsp3) is 0.652. The number of rotatable bonds is 14. The molecule has 168 valence electrons. The highest BCUT2D eigenvalue weighted by atomic mass is 16.5. The van der Waals surface area contributed by atoms with Crippen molar-refractivity contribution in [3.8, 4) is 11.5 Å². The number of aryl methyl sites for hydroxylation is 1. The summed E-state index contributed by atoms with van der Waals surface area (Å²) in [5.74, 6) is 0.0188. The van der Waals surface area contributed by atoms with Gasteiger partial charge >= 0.3 is 6.03 Å². The van der Waals surface area contributed by atoms with Gasteiger partial charge in [-0.2, -0.15) is 0 Å². The second-order valence-corrected chi connectivity index (χ2v) is 8.26. The number of phenolic OH excluding ortho intramolecular Hbond substituents is 1. The number of aliphatic hydroxyl groups excluding tert-OH is 1. The molecule has 1 aromatic carbocycles. The van der Waals surface area contributed by atoms with Crippen LogP contribution in [0.3, 0.4) is 0 Å². The first-order chi connectivity index (χ1) is 14.4. The van der Waals surface area contributed by atoms with E-state index in [1.165, 1.54) is 32.8 Å². The van der Waals surface area contributed by atoms with Gasteiger partial charge in [-0.25, -0.2) is 4.79 Å². The summed E-state index contributed by atoms with van der Waals surface area (Å²) in [5.41, 5.74) is -0.248. The van der Waals surface area contributed by atoms with Crippen LogP contribution in [-0.4, -0.2) is 40.9 Å². The number of nitrogens with one attached hydrogen (secondary N) is 2. The van der Waals surface area contributed by atoms with Crippen molar-refractivity contribution in [1.82, 2.24) is 10.6 Å². The molecule has 0 aliphatic carbocycles. The van der Waals surface area contributed by atoms with E-state index in [4.69, 9.17) is 4.74 Å². The van der Waals surface area contributed by atoms with Gasteiger partial charge in [0.1, 0.15) is 5.54 Å². The lowest BCUT2D eigenvalue weighted by Gasteiger charge is -2.28. The van der Waals surface area contributed by atoms with E-state index in [9.17, 15) is 19.8 Å². The molecule has 0 spiro atoms. The largest absolute Gasteiger partial charge is 0.504 e. The summed E-state index contributed by atoms with van der Waals surface area (Å²) < 4.78 is 5.13. The molecule has 0 bridgehead atoms. The van der Waals surface area contributed by atoms with Crippen molar-refractivity contribution in [3.63, 3.8) is 0 Å². The molecule has 7 heteroatoms. The Morgan fingerprint density at radius 2 is 1.80 bits per heavy atom. The van der Waals surface area contributed by atoms with Gasteiger partial charge in [0.15, 0.2) is 11.5 Å². The number of carbonyl (C=O) groups is 2. The van der Waals surface area contributed by atoms with Gasteiger partial charge in [-0.1, -0.05) is 57.9 Å². The minimum atomic E-state index is -1.12. The van der Waals surface area contributed by atoms with Crippen LogP contribution in [0.15, 0.2) is 18.2 Å². The molecule has 1 saturated heterocycles. The number of aromatic hydroxyl groups is 1. The van der Waals surface area contributed by atoms with E-state index in [-0.39, 0.29) is 12.2 Å². The lowest BCUT2D eigenvalue weighted by atomic mass is 9.84. The number of imide groups is 1. The molecule has 2 atom stereocenters. The van der Waals surface area contributed by atoms with Crippen LogP contribution in [0.1, 0.15) is 76.7 Å². The van der Waals surface area contributed by atoms with Crippen LogP contribution in [0.25, 0.3) is 0 Å². The van der Waals surface area contributed by atoms with Gasteiger partial charge in [0.2, 0.25) is 0 Å². The number of hydrogen-bond donors (Lipinski definition) is 4. The summed E-state index contributed by atoms with van der Waals surface area (Å²) in [6, 6.07) is 4.50. The van der Waals surface area contributed by atoms with Crippen molar-refractivity contribution in [2.75, 3.05) is 7.11 Å². The molecule has 0 unspecified atom stereocenters. The van der Waals surface area contributed by atoms with E-state index in [1.54, 1.807) is 18.2 Å². The Labute approximate surface area is 179 Å². The molecular weight excluding hydrogens is 384 g/mol. The normalized spacial score (nSPS) is 19.4. The van der Waals surface area contributed by atoms with E-state index < -0.39 is 23.6 Å². The van der Waals surface area contributed by atoms with Gasteiger partial charge in [0.05, 0.1) is 13.2 Å². The first-order valence-corrected chi connectivity index (χ1v) is 11.1. The summed E-state index contributed by atoms with van der Waals surface area (Å²) in [6.07, 6.45) is 9.13. The third kappa shape index (κ3) is 6.90. The highest BCUT2D eigenvalue weighted by Crippen LogP contribution is 2.30. The summed E-state index contributed by atoms with van der Waals surface area (Å²) in [5, 5.41) is 25.4. The number of benzene rings is 1. The summed E-state index contributed by atoms with van der Waals surface area (Å²) in [7, 11) is 1.48. The second-order valence-electron chi connectivity index (χ2n) is 8.26. The molecule has 3 amide bonds. The van der Waals surface area contributed by atoms with Gasteiger partial charge in [-0.15, -0.1) is 0 Å². The molecule has 0 radical (unpaired) electrons. The Morgan fingerprint density at radius 3 is 2.43 bits per heavy atom. The van der Waals surface area contributed by atoms with E-state index in [0.717, 1.165) is 24.8 Å². The van der Waals surface area contributed by atoms with Gasteiger partial charge in [-0.3, -0.25) is 10.1 Å². The monoisotopic (exact) mass is 420 g/mol. The number of methoxy groups -OCH3 is 1. The molecule has 1 aliphatic rings. The maximum atomic E-state index is 12.5. The molecule has 4 N–H and O–H groups in total. The number of phenols is 1. The van der Waals surface area contributed by atoms with Gasteiger partial charge in [-0.05, 0) is 37.0 Å². The average molecular weight is 421 g/mol. The van der Waals surface area contributed by atoms with Crippen LogP contribution >= 0.6 is 0 Å². The molecular formula is C23H36N2O5. The first kappa shape index (κ1) is 24.0. The number of ether oxygens (including phenoxy) is 1. The second kappa shape index (κ2) is 11.8. The predicted octanol–water partition coefficient (Wildman–Crippen LogP) is 3.80. The average Bonchev–Trinajstić information content (AvgIpc) is 2.99. The third-order valence-electron chi connectivity index (χ3n) is 5.82. The maximum Gasteiger partial charge on any atom is 0.322 e. The summed E-state index contributed by atoms with van der Waals surface area (Å²) in [4.78, 5) is 24.4. The maximum absolute atomic E-state index is 12.5. The Kier molecular flexibility index (Phi) is 9.43. The quantitative estimate of drug-likeness (QED) is 0.270. The molecule has 1 fully saturated rings. The lowest BCUT2D eigenvalue weighted by Crippen LogP contribution is -2.49. The zero-order valence-corrected chi connectivity index (χ0v) is 18.2. The SMILES string of the molecule is CCCCCCCCC[C@H](O)C[C@]1(CCc2ccc(O)c(OC)c2)NC(=O)NC1=O. The number of unbranched alkanes of at least 4 members (excludes halogenated alkanes) is 6. The Balaban J connectivity index is 1.90. The fourth-order valence-corrected chi connectivity index (χ4v) is 4.03. The van der Waals surface area contributed by atoms with E-state index in [2.05, 4.69) is 17.6 Å². The van der Waals surface area contributed by atoms with E-state index >= 15 is 0 Å². The minimum absolute atomic E-state index is 0.0491. The third-order valence-corrected chi connectivity index (χ3v) is 5.82. The Morgan fingerprint density at radius 1 is 1.10 bits per heavy atom. The van der Waals surface area contributed by atoms with E-state index in [0.29, 0.717) is 25.0 Å². The van der Waals surface area contributed by atoms with Crippen LogP contribution in [0.5, 0.6) is 11.5 Å². The van der Waals surface area contributed by atoms with Crippen molar-refractivity contribution in [1.29, 1.82) is 0 Å². The number of urea groups is 1. The molecule has 7 nitrogen and oxygen atoms in total. The molecule has 1 heterocycles. The number of aliphatic hydroxyl groups is 1. The van der Waals surface area contributed by atoms with Crippen molar-refractivity contribution in [2.24, 2.45) is 0 Å². The fourth-order valence-electron chi connectivity index (χ4n) is 4.03. The Bertz CT molecular complexity index is 709. The van der Waals surface area contributed by atoms with Crippen molar-refractivity contribution >= 4 is 11.9 Å². The van der Waals surface area contributed by atoms with Crippen LogP contribution in [0.2, 0.25) is 0 Å². The van der Waals surface area contributed by atoms with E-state index in [1.807, 2.05) is 0 Å². The summed E-state index contributed by atoms with van der Waals surface area (Å²) in [6.45, 7) is 2.20. The van der Waals surface area contributed by atoms with Crippen molar-refractivity contribution in [3.05, 3.63) is 23.8 Å². The van der Waals surface area contributed by atoms with Gasteiger partial charge in [0.25, 0.3) is 5.91 Å². The van der Waals surface area contributed by atoms with Crippen LogP contribution in [0.4, 0.5) is 4.79 Å². The molecule has 1 aromatic rings. The topological polar surface area (TPSA) is 108 Å². The van der Waals surface area contributed by atoms with Crippen LogP contribution in [0, 0.1) is 0 Å². The predicted molar refractivity (Wildman–Crippen MR) is 116 cm³/mol. The molecule has 2 rings (SSSR count). The number of hydrogen-bond acceptors (Lipinski definition) is 5. The minimum Gasteiger partial charge on any atom is -0.504 e. The number of amides is 3. The smallest absolute Gasteiger partial charge is 0.322 e. The molecule has 1 aliphatic heterocycles. The first-order valence-electron chi connectivity index (χ1n) is 11.1.